The Morgan fingerprint density at radius 1 is 1.11 bits per heavy atom. The minimum Gasteiger partial charge on any atom is -0.480 e. The third kappa shape index (κ3) is 3.28. The maximum atomic E-state index is 4.97. The third-order valence-electron chi connectivity index (χ3n) is 2.79. The largest absolute Gasteiger partial charge is 0.480 e. The summed E-state index contributed by atoms with van der Waals surface area (Å²) in [7, 11) is 1.58. The van der Waals surface area contributed by atoms with E-state index in [0.717, 1.165) is 5.69 Å². The Bertz CT molecular complexity index is 470. The van der Waals surface area contributed by atoms with Crippen LogP contribution < -0.4 is 10.1 Å². The molecule has 1 unspecified atom stereocenters. The van der Waals surface area contributed by atoms with Crippen molar-refractivity contribution in [2.24, 2.45) is 0 Å². The second kappa shape index (κ2) is 6.12. The van der Waals surface area contributed by atoms with E-state index in [2.05, 4.69) is 34.6 Å². The molecule has 1 aromatic carbocycles. The Morgan fingerprint density at radius 3 is 2.50 bits per heavy atom. The Kier molecular flexibility index (Phi) is 4.25. The SMILES string of the molecule is COc1ccc(CNC(C)c2ccccc2)nn1. The first-order valence-corrected chi connectivity index (χ1v) is 5.94. The van der Waals surface area contributed by atoms with Crippen molar-refractivity contribution < 1.29 is 4.74 Å². The molecule has 0 spiro atoms. The van der Waals surface area contributed by atoms with Gasteiger partial charge in [-0.25, -0.2) is 0 Å². The van der Waals surface area contributed by atoms with Crippen LogP contribution in [0, 0.1) is 0 Å². The zero-order valence-corrected chi connectivity index (χ0v) is 10.6. The summed E-state index contributed by atoms with van der Waals surface area (Å²) in [6.45, 7) is 2.82. The predicted molar refractivity (Wildman–Crippen MR) is 70.3 cm³/mol. The van der Waals surface area contributed by atoms with Gasteiger partial charge in [0.2, 0.25) is 5.88 Å². The highest BCUT2D eigenvalue weighted by molar-refractivity contribution is 5.18. The molecule has 2 rings (SSSR count). The molecule has 0 bridgehead atoms. The van der Waals surface area contributed by atoms with Crippen molar-refractivity contribution in [3.8, 4) is 5.88 Å². The van der Waals surface area contributed by atoms with Gasteiger partial charge in [0, 0.05) is 18.7 Å². The lowest BCUT2D eigenvalue weighted by Gasteiger charge is -2.13. The van der Waals surface area contributed by atoms with Gasteiger partial charge in [-0.3, -0.25) is 0 Å². The fraction of sp³-hybridized carbons (Fsp3) is 0.286. The molecule has 1 atom stereocenters. The Balaban J connectivity index is 1.91. The van der Waals surface area contributed by atoms with Crippen LogP contribution in [0.25, 0.3) is 0 Å². The van der Waals surface area contributed by atoms with Crippen molar-refractivity contribution in [3.05, 3.63) is 53.7 Å². The van der Waals surface area contributed by atoms with Gasteiger partial charge in [0.25, 0.3) is 0 Å². The Labute approximate surface area is 107 Å². The summed E-state index contributed by atoms with van der Waals surface area (Å²) in [5.74, 6) is 0.537. The molecule has 0 amide bonds. The number of hydrogen-bond donors (Lipinski definition) is 1. The van der Waals surface area contributed by atoms with E-state index in [9.17, 15) is 0 Å². The maximum absolute atomic E-state index is 4.97. The standard InChI is InChI=1S/C14H17N3O/c1-11(12-6-4-3-5-7-12)15-10-13-8-9-14(18-2)17-16-13/h3-9,11,15H,10H2,1-2H3. The second-order valence-corrected chi connectivity index (χ2v) is 4.08. The first-order chi connectivity index (χ1) is 8.79. The molecular weight excluding hydrogens is 226 g/mol. The van der Waals surface area contributed by atoms with E-state index >= 15 is 0 Å². The van der Waals surface area contributed by atoms with E-state index in [-0.39, 0.29) is 6.04 Å². The number of aromatic nitrogens is 2. The highest BCUT2D eigenvalue weighted by atomic mass is 16.5. The smallest absolute Gasteiger partial charge is 0.233 e. The van der Waals surface area contributed by atoms with Crippen LogP contribution in [0.3, 0.4) is 0 Å². The van der Waals surface area contributed by atoms with Crippen LogP contribution in [0.5, 0.6) is 5.88 Å². The molecule has 1 N–H and O–H groups in total. The molecule has 0 saturated heterocycles. The zero-order chi connectivity index (χ0) is 12.8. The maximum Gasteiger partial charge on any atom is 0.233 e. The molecule has 4 heteroatoms. The molecular formula is C14H17N3O. The average Bonchev–Trinajstić information content (AvgIpc) is 2.46. The van der Waals surface area contributed by atoms with E-state index in [0.29, 0.717) is 12.4 Å². The summed E-state index contributed by atoms with van der Waals surface area (Å²) in [6, 6.07) is 14.3. The van der Waals surface area contributed by atoms with Crippen molar-refractivity contribution in [3.63, 3.8) is 0 Å². The zero-order valence-electron chi connectivity index (χ0n) is 10.6. The molecule has 18 heavy (non-hydrogen) atoms. The van der Waals surface area contributed by atoms with Gasteiger partial charge in [0.15, 0.2) is 0 Å². The number of hydrogen-bond acceptors (Lipinski definition) is 4. The van der Waals surface area contributed by atoms with E-state index < -0.39 is 0 Å². The van der Waals surface area contributed by atoms with Gasteiger partial charge in [-0.2, -0.15) is 5.10 Å². The summed E-state index contributed by atoms with van der Waals surface area (Å²) in [5, 5.41) is 11.4. The topological polar surface area (TPSA) is 47.0 Å². The quantitative estimate of drug-likeness (QED) is 0.875. The molecule has 0 fully saturated rings. The fourth-order valence-corrected chi connectivity index (χ4v) is 1.67. The van der Waals surface area contributed by atoms with Crippen LogP contribution >= 0.6 is 0 Å². The number of ether oxygens (including phenoxy) is 1. The molecule has 1 heterocycles. The van der Waals surface area contributed by atoms with Crippen molar-refractivity contribution in [2.75, 3.05) is 7.11 Å². The van der Waals surface area contributed by atoms with Crippen molar-refractivity contribution in [1.82, 2.24) is 15.5 Å². The summed E-state index contributed by atoms with van der Waals surface area (Å²) < 4.78 is 4.97. The number of rotatable bonds is 5. The summed E-state index contributed by atoms with van der Waals surface area (Å²) in [4.78, 5) is 0. The molecule has 4 nitrogen and oxygen atoms in total. The normalized spacial score (nSPS) is 12.1. The predicted octanol–water partition coefficient (Wildman–Crippen LogP) is 2.34. The summed E-state index contributed by atoms with van der Waals surface area (Å²) in [5.41, 5.74) is 2.16. The molecule has 0 saturated carbocycles. The number of nitrogens with one attached hydrogen (secondary N) is 1. The second-order valence-electron chi connectivity index (χ2n) is 4.08. The number of methoxy groups -OCH3 is 1. The molecule has 94 valence electrons. The number of nitrogens with zero attached hydrogens (tertiary/aromatic N) is 2. The molecule has 0 aliphatic heterocycles. The van der Waals surface area contributed by atoms with Crippen LogP contribution in [-0.2, 0) is 6.54 Å². The van der Waals surface area contributed by atoms with Gasteiger partial charge >= 0.3 is 0 Å². The van der Waals surface area contributed by atoms with Crippen LogP contribution in [0.4, 0.5) is 0 Å². The van der Waals surface area contributed by atoms with Gasteiger partial charge < -0.3 is 10.1 Å². The van der Waals surface area contributed by atoms with Gasteiger partial charge in [-0.1, -0.05) is 30.3 Å². The minimum absolute atomic E-state index is 0.287. The monoisotopic (exact) mass is 243 g/mol. The average molecular weight is 243 g/mol. The van der Waals surface area contributed by atoms with Crippen LogP contribution in [-0.4, -0.2) is 17.3 Å². The first-order valence-electron chi connectivity index (χ1n) is 5.94. The van der Waals surface area contributed by atoms with Crippen molar-refractivity contribution in [1.29, 1.82) is 0 Å². The first kappa shape index (κ1) is 12.5. The molecule has 2 aromatic rings. The van der Waals surface area contributed by atoms with Gasteiger partial charge in [0.05, 0.1) is 12.8 Å². The lowest BCUT2D eigenvalue weighted by molar-refractivity contribution is 0.390. The van der Waals surface area contributed by atoms with Crippen LogP contribution in [0.15, 0.2) is 42.5 Å². The summed E-state index contributed by atoms with van der Waals surface area (Å²) >= 11 is 0. The van der Waals surface area contributed by atoms with Gasteiger partial charge in [-0.05, 0) is 18.6 Å². The molecule has 1 aromatic heterocycles. The lowest BCUT2D eigenvalue weighted by Crippen LogP contribution is -2.18. The molecule has 0 aliphatic carbocycles. The van der Waals surface area contributed by atoms with Crippen LogP contribution in [0.2, 0.25) is 0 Å². The highest BCUT2D eigenvalue weighted by Gasteiger charge is 2.04. The van der Waals surface area contributed by atoms with E-state index in [1.807, 2.05) is 30.3 Å². The minimum atomic E-state index is 0.287. The van der Waals surface area contributed by atoms with Gasteiger partial charge in [0.1, 0.15) is 0 Å². The highest BCUT2D eigenvalue weighted by Crippen LogP contribution is 2.12. The third-order valence-corrected chi connectivity index (χ3v) is 2.79. The van der Waals surface area contributed by atoms with E-state index in [4.69, 9.17) is 4.74 Å². The summed E-state index contributed by atoms with van der Waals surface area (Å²) in [6.07, 6.45) is 0. The van der Waals surface area contributed by atoms with Crippen LogP contribution in [0.1, 0.15) is 24.2 Å². The molecule has 0 radical (unpaired) electrons. The Hall–Kier alpha value is -1.94. The van der Waals surface area contributed by atoms with Crippen molar-refractivity contribution >= 4 is 0 Å². The Morgan fingerprint density at radius 2 is 1.89 bits per heavy atom. The fourth-order valence-electron chi connectivity index (χ4n) is 1.67. The van der Waals surface area contributed by atoms with Gasteiger partial charge in [-0.15, -0.1) is 5.10 Å². The lowest BCUT2D eigenvalue weighted by atomic mass is 10.1. The van der Waals surface area contributed by atoms with Crippen molar-refractivity contribution in [2.45, 2.75) is 19.5 Å². The molecule has 0 aliphatic rings. The van der Waals surface area contributed by atoms with E-state index in [1.165, 1.54) is 5.56 Å². The number of benzene rings is 1. The van der Waals surface area contributed by atoms with E-state index in [1.54, 1.807) is 7.11 Å².